The van der Waals surface area contributed by atoms with Crippen LogP contribution in [0.1, 0.15) is 151 Å². The molecular formula is C36H50N4O2. The third-order valence-corrected chi connectivity index (χ3v) is 9.06. The maximum Gasteiger partial charge on any atom is 0.240 e. The Morgan fingerprint density at radius 3 is 1.29 bits per heavy atom. The lowest BCUT2D eigenvalue weighted by Gasteiger charge is -2.22. The molecule has 2 aliphatic rings. The van der Waals surface area contributed by atoms with E-state index >= 15 is 0 Å². The summed E-state index contributed by atoms with van der Waals surface area (Å²) in [5.74, 6) is 1.25. The van der Waals surface area contributed by atoms with Crippen LogP contribution in [0.4, 0.5) is 0 Å². The fourth-order valence-electron chi connectivity index (χ4n) is 6.32. The topological polar surface area (TPSA) is 82.9 Å². The van der Waals surface area contributed by atoms with E-state index in [1.54, 1.807) is 0 Å². The number of carbonyl (C=O) groups excluding carboxylic acids is 2. The average Bonchev–Trinajstić information content (AvgIpc) is 3.05. The molecule has 0 bridgehead atoms. The van der Waals surface area contributed by atoms with E-state index in [0.29, 0.717) is 24.7 Å². The molecule has 42 heavy (non-hydrogen) atoms. The molecule has 6 heteroatoms. The number of rotatable bonds is 13. The van der Waals surface area contributed by atoms with Gasteiger partial charge in [0, 0.05) is 12.8 Å². The predicted octanol–water partition coefficient (Wildman–Crippen LogP) is 8.50. The summed E-state index contributed by atoms with van der Waals surface area (Å²) < 4.78 is 0. The van der Waals surface area contributed by atoms with Crippen LogP contribution < -0.4 is 10.9 Å². The highest BCUT2D eigenvalue weighted by atomic mass is 16.2. The van der Waals surface area contributed by atoms with Gasteiger partial charge in [0.05, 0.1) is 11.4 Å². The highest BCUT2D eigenvalue weighted by Crippen LogP contribution is 2.33. The number of nitrogens with zero attached hydrogens (tertiary/aromatic N) is 2. The first-order valence-electron chi connectivity index (χ1n) is 16.4. The van der Waals surface area contributed by atoms with Crippen molar-refractivity contribution in [2.24, 2.45) is 10.2 Å². The summed E-state index contributed by atoms with van der Waals surface area (Å²) in [5.41, 5.74) is 12.0. The molecule has 0 atom stereocenters. The van der Waals surface area contributed by atoms with Crippen LogP contribution in [0.25, 0.3) is 0 Å². The molecule has 2 fully saturated rings. The lowest BCUT2D eigenvalue weighted by atomic mass is 9.84. The van der Waals surface area contributed by atoms with Crippen molar-refractivity contribution in [3.8, 4) is 0 Å². The number of hydrogen-bond acceptors (Lipinski definition) is 4. The fraction of sp³-hybridized carbons (Fsp3) is 0.556. The van der Waals surface area contributed by atoms with Crippen LogP contribution in [0.2, 0.25) is 0 Å². The molecule has 2 saturated carbocycles. The number of unbranched alkanes of at least 4 members (excludes halogenated alkanes) is 3. The Hall–Kier alpha value is -3.28. The van der Waals surface area contributed by atoms with E-state index in [4.69, 9.17) is 0 Å². The van der Waals surface area contributed by atoms with Gasteiger partial charge in [0.25, 0.3) is 0 Å². The van der Waals surface area contributed by atoms with Gasteiger partial charge in [-0.15, -0.1) is 0 Å². The van der Waals surface area contributed by atoms with Crippen LogP contribution in [0, 0.1) is 0 Å². The highest BCUT2D eigenvalue weighted by Gasteiger charge is 2.16. The van der Waals surface area contributed by atoms with Crippen molar-refractivity contribution in [2.45, 2.75) is 128 Å². The van der Waals surface area contributed by atoms with E-state index in [0.717, 1.165) is 48.2 Å². The average molecular weight is 571 g/mol. The molecule has 2 aromatic rings. The summed E-state index contributed by atoms with van der Waals surface area (Å²) in [5, 5.41) is 8.62. The second-order valence-electron chi connectivity index (χ2n) is 12.3. The first-order chi connectivity index (χ1) is 20.5. The Balaban J connectivity index is 1.06. The zero-order valence-corrected chi connectivity index (χ0v) is 25.8. The van der Waals surface area contributed by atoms with Gasteiger partial charge in [-0.25, -0.2) is 10.9 Å². The summed E-state index contributed by atoms with van der Waals surface area (Å²) in [7, 11) is 0. The lowest BCUT2D eigenvalue weighted by molar-refractivity contribution is -0.122. The molecule has 2 aromatic carbocycles. The molecule has 2 N–H and O–H groups in total. The molecule has 0 radical (unpaired) electrons. The molecule has 2 amide bonds. The summed E-state index contributed by atoms with van der Waals surface area (Å²) in [6, 6.07) is 17.3. The van der Waals surface area contributed by atoms with Gasteiger partial charge in [0.2, 0.25) is 11.8 Å². The monoisotopic (exact) mass is 570 g/mol. The van der Waals surface area contributed by atoms with Crippen LogP contribution in [0.15, 0.2) is 58.7 Å². The summed E-state index contributed by atoms with van der Waals surface area (Å²) >= 11 is 0. The molecule has 0 aliphatic heterocycles. The second kappa shape index (κ2) is 17.0. The zero-order valence-electron chi connectivity index (χ0n) is 25.8. The Kier molecular flexibility index (Phi) is 12.8. The summed E-state index contributed by atoms with van der Waals surface area (Å²) in [6.45, 7) is 3.86. The van der Waals surface area contributed by atoms with Crippen molar-refractivity contribution < 1.29 is 9.59 Å². The predicted molar refractivity (Wildman–Crippen MR) is 173 cm³/mol. The Labute approximate surface area is 252 Å². The van der Waals surface area contributed by atoms with Crippen molar-refractivity contribution in [3.05, 3.63) is 70.8 Å². The molecule has 0 spiro atoms. The van der Waals surface area contributed by atoms with E-state index in [2.05, 4.69) is 69.6 Å². The quantitative estimate of drug-likeness (QED) is 0.144. The maximum atomic E-state index is 12.2. The second-order valence-corrected chi connectivity index (χ2v) is 12.3. The van der Waals surface area contributed by atoms with Crippen LogP contribution in [0.5, 0.6) is 0 Å². The van der Waals surface area contributed by atoms with E-state index in [1.165, 1.54) is 75.3 Å². The Bertz CT molecular complexity index is 1090. The number of nitrogens with one attached hydrogen (secondary N) is 2. The first kappa shape index (κ1) is 31.7. The largest absolute Gasteiger partial charge is 0.273 e. The zero-order chi connectivity index (χ0) is 29.6. The maximum absolute atomic E-state index is 12.2. The van der Waals surface area contributed by atoms with Crippen molar-refractivity contribution in [1.82, 2.24) is 10.9 Å². The van der Waals surface area contributed by atoms with Gasteiger partial charge < -0.3 is 0 Å². The van der Waals surface area contributed by atoms with Crippen LogP contribution >= 0.6 is 0 Å². The fourth-order valence-corrected chi connectivity index (χ4v) is 6.32. The van der Waals surface area contributed by atoms with Crippen LogP contribution in [-0.4, -0.2) is 23.2 Å². The molecule has 2 aliphatic carbocycles. The number of carbonyl (C=O) groups is 2. The smallest absolute Gasteiger partial charge is 0.240 e. The van der Waals surface area contributed by atoms with E-state index in [-0.39, 0.29) is 11.8 Å². The third kappa shape index (κ3) is 10.2. The van der Waals surface area contributed by atoms with Crippen molar-refractivity contribution >= 4 is 23.2 Å². The summed E-state index contributed by atoms with van der Waals surface area (Å²) in [6.07, 6.45) is 17.5. The van der Waals surface area contributed by atoms with Gasteiger partial charge in [-0.3, -0.25) is 9.59 Å². The highest BCUT2D eigenvalue weighted by molar-refractivity contribution is 5.99. The van der Waals surface area contributed by atoms with Crippen LogP contribution in [0.3, 0.4) is 0 Å². The standard InChI is InChI=1S/C36H50N4O2/c1-27(29-19-23-33(24-20-29)31-13-7-5-8-14-31)37-39-35(41)17-11-3-4-12-18-36(42)40-38-28(2)30-21-25-34(26-22-30)32-15-9-6-10-16-32/h19-26,31-32H,3-18H2,1-2H3,(H,39,41)(H,40,42). The van der Waals surface area contributed by atoms with Gasteiger partial charge in [0.15, 0.2) is 0 Å². The first-order valence-corrected chi connectivity index (χ1v) is 16.4. The SMILES string of the molecule is CC(=NNC(=O)CCCCCCC(=O)NN=C(C)c1ccc(C2CCCCC2)cc1)c1ccc(C2CCCCC2)cc1. The minimum atomic E-state index is -0.0671. The van der Waals surface area contributed by atoms with E-state index in [9.17, 15) is 9.59 Å². The van der Waals surface area contributed by atoms with Gasteiger partial charge in [-0.1, -0.05) is 99.9 Å². The molecular weight excluding hydrogens is 520 g/mol. The number of hydrazone groups is 2. The normalized spacial score (nSPS) is 17.2. The molecule has 0 heterocycles. The molecule has 4 rings (SSSR count). The number of benzene rings is 2. The number of amides is 2. The minimum Gasteiger partial charge on any atom is -0.273 e. The van der Waals surface area contributed by atoms with Crippen molar-refractivity contribution in [1.29, 1.82) is 0 Å². The van der Waals surface area contributed by atoms with E-state index < -0.39 is 0 Å². The molecule has 0 saturated heterocycles. The lowest BCUT2D eigenvalue weighted by Crippen LogP contribution is -2.19. The molecule has 0 unspecified atom stereocenters. The molecule has 0 aromatic heterocycles. The van der Waals surface area contributed by atoms with Gasteiger partial charge >= 0.3 is 0 Å². The van der Waals surface area contributed by atoms with Gasteiger partial charge in [-0.2, -0.15) is 10.2 Å². The molecule has 226 valence electrons. The Morgan fingerprint density at radius 1 is 0.571 bits per heavy atom. The van der Waals surface area contributed by atoms with Crippen molar-refractivity contribution in [3.63, 3.8) is 0 Å². The van der Waals surface area contributed by atoms with E-state index in [1.807, 2.05) is 13.8 Å². The van der Waals surface area contributed by atoms with Gasteiger partial charge in [-0.05, 0) is 86.5 Å². The van der Waals surface area contributed by atoms with Gasteiger partial charge in [0.1, 0.15) is 0 Å². The van der Waals surface area contributed by atoms with Crippen molar-refractivity contribution in [2.75, 3.05) is 0 Å². The third-order valence-electron chi connectivity index (χ3n) is 9.06. The van der Waals surface area contributed by atoms with Crippen LogP contribution in [-0.2, 0) is 9.59 Å². The Morgan fingerprint density at radius 2 is 0.929 bits per heavy atom. The molecule has 6 nitrogen and oxygen atoms in total. The minimum absolute atomic E-state index is 0.0671. The number of hydrogen-bond donors (Lipinski definition) is 2. The summed E-state index contributed by atoms with van der Waals surface area (Å²) in [4.78, 5) is 24.5.